The second kappa shape index (κ2) is 6.67. The van der Waals surface area contributed by atoms with E-state index in [1.165, 1.54) is 19.2 Å². The van der Waals surface area contributed by atoms with Gasteiger partial charge in [-0.25, -0.2) is 30.4 Å². The molecule has 1 amide bonds. The van der Waals surface area contributed by atoms with Crippen LogP contribution >= 0.6 is 0 Å². The van der Waals surface area contributed by atoms with Crippen LogP contribution in [0.15, 0.2) is 29.2 Å². The first-order chi connectivity index (χ1) is 11.6. The third kappa shape index (κ3) is 3.40. The van der Waals surface area contributed by atoms with Gasteiger partial charge in [-0.15, -0.1) is 0 Å². The molecule has 0 unspecified atom stereocenters. The molecule has 5 nitrogen and oxygen atoms in total. The van der Waals surface area contributed by atoms with Crippen molar-refractivity contribution in [2.75, 3.05) is 11.8 Å². The predicted molar refractivity (Wildman–Crippen MR) is 76.9 cm³/mol. The van der Waals surface area contributed by atoms with Gasteiger partial charge in [0.05, 0.1) is 0 Å². The highest BCUT2D eigenvalue weighted by Crippen LogP contribution is 2.28. The van der Waals surface area contributed by atoms with Gasteiger partial charge < -0.3 is 5.32 Å². The number of rotatable bonds is 4. The normalized spacial score (nSPS) is 11.3. The van der Waals surface area contributed by atoms with Gasteiger partial charge in [-0.05, 0) is 24.3 Å². The number of nitrogens with one attached hydrogen (secondary N) is 2. The average Bonchev–Trinajstić information content (AvgIpc) is 2.57. The average molecular weight is 380 g/mol. The quantitative estimate of drug-likeness (QED) is 0.486. The lowest BCUT2D eigenvalue weighted by atomic mass is 10.2. The Morgan fingerprint density at radius 2 is 1.28 bits per heavy atom. The monoisotopic (exact) mass is 380 g/mol. The second-order valence-corrected chi connectivity index (χ2v) is 6.28. The summed E-state index contributed by atoms with van der Waals surface area (Å²) in [5, 5.41) is 2.31. The number of hydrogen-bond donors (Lipinski definition) is 2. The number of carbonyl (C=O) groups is 1. The van der Waals surface area contributed by atoms with Crippen molar-refractivity contribution in [1.82, 2.24) is 5.32 Å². The number of benzene rings is 2. The number of hydrogen-bond acceptors (Lipinski definition) is 3. The molecular formula is C14H9F5N2O3S. The molecule has 0 aliphatic rings. The van der Waals surface area contributed by atoms with Crippen LogP contribution in [0.3, 0.4) is 0 Å². The maximum Gasteiger partial charge on any atom is 0.267 e. The van der Waals surface area contributed by atoms with Gasteiger partial charge in [-0.2, -0.15) is 0 Å². The maximum absolute atomic E-state index is 13.6. The number of anilines is 1. The minimum Gasteiger partial charge on any atom is -0.355 e. The zero-order valence-corrected chi connectivity index (χ0v) is 13.1. The van der Waals surface area contributed by atoms with E-state index in [0.29, 0.717) is 0 Å². The largest absolute Gasteiger partial charge is 0.355 e. The zero-order valence-electron chi connectivity index (χ0n) is 12.3. The van der Waals surface area contributed by atoms with Gasteiger partial charge in [0, 0.05) is 18.3 Å². The summed E-state index contributed by atoms with van der Waals surface area (Å²) in [6.07, 6.45) is 0. The Balaban J connectivity index is 2.46. The third-order valence-corrected chi connectivity index (χ3v) is 4.46. The molecule has 0 saturated heterocycles. The summed E-state index contributed by atoms with van der Waals surface area (Å²) in [4.78, 5) is 9.36. The molecule has 11 heteroatoms. The number of carbonyl (C=O) groups excluding carboxylic acids is 1. The van der Waals surface area contributed by atoms with E-state index in [9.17, 15) is 35.2 Å². The minimum atomic E-state index is -5.12. The van der Waals surface area contributed by atoms with Crippen LogP contribution < -0.4 is 10.0 Å². The SMILES string of the molecule is CNC(=O)c1ccc(NS(=O)(=O)c2c(F)c(F)c(F)c(F)c2F)cc1. The molecule has 0 aliphatic heterocycles. The van der Waals surface area contributed by atoms with Crippen LogP contribution in [0, 0.1) is 29.1 Å². The zero-order chi connectivity index (χ0) is 18.9. The molecule has 0 heterocycles. The summed E-state index contributed by atoms with van der Waals surface area (Å²) in [5.74, 6) is -12.7. The Labute approximate surface area is 138 Å². The molecule has 0 bridgehead atoms. The van der Waals surface area contributed by atoms with Crippen molar-refractivity contribution >= 4 is 21.6 Å². The number of sulfonamides is 1. The van der Waals surface area contributed by atoms with Gasteiger partial charge in [0.1, 0.15) is 0 Å². The third-order valence-electron chi connectivity index (χ3n) is 3.06. The van der Waals surface area contributed by atoms with Crippen LogP contribution in [0.25, 0.3) is 0 Å². The van der Waals surface area contributed by atoms with Crippen LogP contribution in [-0.2, 0) is 10.0 Å². The van der Waals surface area contributed by atoms with Gasteiger partial charge in [-0.1, -0.05) is 0 Å². The first kappa shape index (κ1) is 18.6. The van der Waals surface area contributed by atoms with Gasteiger partial charge in [0.25, 0.3) is 15.9 Å². The summed E-state index contributed by atoms with van der Waals surface area (Å²) in [7, 11) is -3.76. The molecule has 2 aromatic carbocycles. The molecular weight excluding hydrogens is 371 g/mol. The van der Waals surface area contributed by atoms with Crippen molar-refractivity contribution in [3.63, 3.8) is 0 Å². The first-order valence-corrected chi connectivity index (χ1v) is 7.95. The molecule has 2 rings (SSSR count). The predicted octanol–water partition coefficient (Wildman–Crippen LogP) is 2.54. The van der Waals surface area contributed by atoms with Crippen molar-refractivity contribution in [3.8, 4) is 0 Å². The maximum atomic E-state index is 13.6. The lowest BCUT2D eigenvalue weighted by molar-refractivity contribution is 0.0963. The second-order valence-electron chi connectivity index (χ2n) is 4.66. The van der Waals surface area contributed by atoms with Gasteiger partial charge in [0.2, 0.25) is 5.82 Å². The topological polar surface area (TPSA) is 75.3 Å². The van der Waals surface area contributed by atoms with E-state index in [4.69, 9.17) is 0 Å². The van der Waals surface area contributed by atoms with Crippen LogP contribution in [0.2, 0.25) is 0 Å². The molecule has 134 valence electrons. The lowest BCUT2D eigenvalue weighted by Crippen LogP contribution is -2.20. The Morgan fingerprint density at radius 3 is 1.72 bits per heavy atom. The van der Waals surface area contributed by atoms with Crippen LogP contribution in [-0.4, -0.2) is 21.4 Å². The molecule has 25 heavy (non-hydrogen) atoms. The van der Waals surface area contributed by atoms with Crippen LogP contribution in [0.1, 0.15) is 10.4 Å². The summed E-state index contributed by atoms with van der Waals surface area (Å²) in [5.41, 5.74) is -0.0988. The Morgan fingerprint density at radius 1 is 0.840 bits per heavy atom. The molecule has 0 aromatic heterocycles. The Kier molecular flexibility index (Phi) is 4.97. The summed E-state index contributed by atoms with van der Waals surface area (Å²) < 4.78 is 92.2. The van der Waals surface area contributed by atoms with Gasteiger partial charge >= 0.3 is 0 Å². The first-order valence-electron chi connectivity index (χ1n) is 6.46. The van der Waals surface area contributed by atoms with Crippen molar-refractivity contribution < 1.29 is 35.2 Å². The molecule has 0 aliphatic carbocycles. The minimum absolute atomic E-state index is 0.154. The van der Waals surface area contributed by atoms with Crippen molar-refractivity contribution in [2.24, 2.45) is 0 Å². The van der Waals surface area contributed by atoms with Crippen molar-refractivity contribution in [1.29, 1.82) is 0 Å². The van der Waals surface area contributed by atoms with E-state index < -0.39 is 49.9 Å². The Hall–Kier alpha value is -2.69. The molecule has 0 atom stereocenters. The van der Waals surface area contributed by atoms with Gasteiger partial charge in [0.15, 0.2) is 28.2 Å². The van der Waals surface area contributed by atoms with Gasteiger partial charge in [-0.3, -0.25) is 9.52 Å². The summed E-state index contributed by atoms with van der Waals surface area (Å²) in [6, 6.07) is 4.53. The van der Waals surface area contributed by atoms with Crippen molar-refractivity contribution in [2.45, 2.75) is 4.90 Å². The van der Waals surface area contributed by atoms with Crippen LogP contribution in [0.5, 0.6) is 0 Å². The van der Waals surface area contributed by atoms with E-state index >= 15 is 0 Å². The standard InChI is InChI=1S/C14H9F5N2O3S/c1-20-14(22)6-2-4-7(5-3-6)21-25(23,24)13-11(18)9(16)8(15)10(17)12(13)19/h2-5,21H,1H3,(H,20,22). The highest BCUT2D eigenvalue weighted by molar-refractivity contribution is 7.92. The van der Waals surface area contributed by atoms with E-state index in [-0.39, 0.29) is 11.3 Å². The fourth-order valence-corrected chi connectivity index (χ4v) is 3.06. The molecule has 0 saturated carbocycles. The number of halogens is 5. The smallest absolute Gasteiger partial charge is 0.267 e. The molecule has 2 N–H and O–H groups in total. The number of amides is 1. The molecule has 0 fully saturated rings. The van der Waals surface area contributed by atoms with E-state index in [1.807, 2.05) is 0 Å². The van der Waals surface area contributed by atoms with E-state index in [0.717, 1.165) is 12.1 Å². The van der Waals surface area contributed by atoms with Crippen LogP contribution in [0.4, 0.5) is 27.6 Å². The Bertz CT molecular complexity index is 917. The summed E-state index contributed by atoms with van der Waals surface area (Å²) in [6.45, 7) is 0. The summed E-state index contributed by atoms with van der Waals surface area (Å²) >= 11 is 0. The van der Waals surface area contributed by atoms with Crippen molar-refractivity contribution in [3.05, 3.63) is 58.9 Å². The molecule has 0 radical (unpaired) electrons. The highest BCUT2D eigenvalue weighted by Gasteiger charge is 2.33. The molecule has 0 spiro atoms. The van der Waals surface area contributed by atoms with E-state index in [1.54, 1.807) is 4.72 Å². The highest BCUT2D eigenvalue weighted by atomic mass is 32.2. The lowest BCUT2D eigenvalue weighted by Gasteiger charge is -2.11. The molecule has 2 aromatic rings. The fraction of sp³-hybridized carbons (Fsp3) is 0.0714. The van der Waals surface area contributed by atoms with E-state index in [2.05, 4.69) is 5.32 Å². The fourth-order valence-electron chi connectivity index (χ4n) is 1.86.